The molecular weight excluding hydrogens is 292 g/mol. The number of hydrogen-bond acceptors (Lipinski definition) is 4. The molecule has 6 nitrogen and oxygen atoms in total. The minimum Gasteiger partial charge on any atom is -0.258 e. The first-order valence-corrected chi connectivity index (χ1v) is 7.03. The van der Waals surface area contributed by atoms with E-state index in [1.165, 1.54) is 13.0 Å². The summed E-state index contributed by atoms with van der Waals surface area (Å²) in [6.07, 6.45) is 5.23. The summed E-state index contributed by atoms with van der Waals surface area (Å²) < 4.78 is 26.0. The summed E-state index contributed by atoms with van der Waals surface area (Å²) in [7, 11) is -3.86. The second kappa shape index (κ2) is 6.02. The van der Waals surface area contributed by atoms with Crippen LogP contribution in [-0.2, 0) is 10.0 Å². The molecule has 0 unspecified atom stereocenters. The van der Waals surface area contributed by atoms with Gasteiger partial charge in [-0.1, -0.05) is 11.6 Å². The number of sulfonamides is 1. The normalized spacial score (nSPS) is 11.0. The van der Waals surface area contributed by atoms with E-state index < -0.39 is 14.9 Å². The molecule has 0 bridgehead atoms. The van der Waals surface area contributed by atoms with Crippen molar-refractivity contribution < 1.29 is 13.3 Å². The van der Waals surface area contributed by atoms with E-state index in [0.29, 0.717) is 0 Å². The highest BCUT2D eigenvalue weighted by Crippen LogP contribution is 2.29. The zero-order chi connectivity index (χ0) is 14.6. The van der Waals surface area contributed by atoms with Crippen molar-refractivity contribution in [3.8, 4) is 12.3 Å². The summed E-state index contributed by atoms with van der Waals surface area (Å²) in [6.45, 7) is 1.50. The molecule has 0 saturated heterocycles. The zero-order valence-corrected chi connectivity index (χ0v) is 11.6. The standard InChI is InChI=1S/C11H11ClN2O4S/c1-3-4-5-13-19(17,18)9-6-10(12)8(2)11(7-9)14(15)16/h1,6-7,13H,4-5H2,2H3. The molecule has 0 spiro atoms. The topological polar surface area (TPSA) is 89.3 Å². The van der Waals surface area contributed by atoms with Crippen LogP contribution in [0.3, 0.4) is 0 Å². The van der Waals surface area contributed by atoms with Gasteiger partial charge >= 0.3 is 0 Å². The molecule has 0 fully saturated rings. The van der Waals surface area contributed by atoms with E-state index in [1.54, 1.807) is 0 Å². The Morgan fingerprint density at radius 2 is 2.16 bits per heavy atom. The Balaban J connectivity index is 3.22. The zero-order valence-electron chi connectivity index (χ0n) is 10.0. The number of hydrogen-bond donors (Lipinski definition) is 1. The predicted octanol–water partition coefficient (Wildman–Crippen LogP) is 1.86. The Hall–Kier alpha value is -1.62. The average molecular weight is 303 g/mol. The second-order valence-electron chi connectivity index (χ2n) is 3.66. The molecule has 19 heavy (non-hydrogen) atoms. The summed E-state index contributed by atoms with van der Waals surface area (Å²) in [5.74, 6) is 2.28. The van der Waals surface area contributed by atoms with Gasteiger partial charge in [0.2, 0.25) is 10.0 Å². The van der Waals surface area contributed by atoms with Crippen molar-refractivity contribution >= 4 is 27.3 Å². The number of terminal acetylenes is 1. The lowest BCUT2D eigenvalue weighted by Crippen LogP contribution is -2.24. The number of benzene rings is 1. The molecule has 0 atom stereocenters. The van der Waals surface area contributed by atoms with Gasteiger partial charge in [-0.15, -0.1) is 12.3 Å². The summed E-state index contributed by atoms with van der Waals surface area (Å²) in [6, 6.07) is 2.14. The monoisotopic (exact) mass is 302 g/mol. The van der Waals surface area contributed by atoms with Crippen molar-refractivity contribution in [2.24, 2.45) is 0 Å². The molecule has 0 radical (unpaired) electrons. The number of nitrogens with one attached hydrogen (secondary N) is 1. The maximum absolute atomic E-state index is 11.9. The largest absolute Gasteiger partial charge is 0.275 e. The van der Waals surface area contributed by atoms with Crippen molar-refractivity contribution in [3.63, 3.8) is 0 Å². The molecule has 0 heterocycles. The number of halogens is 1. The van der Waals surface area contributed by atoms with Crippen LogP contribution < -0.4 is 4.72 Å². The third-order valence-corrected chi connectivity index (χ3v) is 4.19. The van der Waals surface area contributed by atoms with Gasteiger partial charge < -0.3 is 0 Å². The van der Waals surface area contributed by atoms with Crippen LogP contribution in [0.15, 0.2) is 17.0 Å². The van der Waals surface area contributed by atoms with Gasteiger partial charge in [0.1, 0.15) is 0 Å². The summed E-state index contributed by atoms with van der Waals surface area (Å²) in [5.41, 5.74) is -0.126. The van der Waals surface area contributed by atoms with Gasteiger partial charge in [0, 0.05) is 24.6 Å². The lowest BCUT2D eigenvalue weighted by atomic mass is 10.2. The van der Waals surface area contributed by atoms with Crippen LogP contribution in [-0.4, -0.2) is 19.9 Å². The Morgan fingerprint density at radius 3 is 2.68 bits per heavy atom. The van der Waals surface area contributed by atoms with Gasteiger partial charge in [-0.25, -0.2) is 13.1 Å². The lowest BCUT2D eigenvalue weighted by Gasteiger charge is -2.07. The molecular formula is C11H11ClN2O4S. The minimum atomic E-state index is -3.86. The summed E-state index contributed by atoms with van der Waals surface area (Å²) in [5, 5.41) is 10.8. The van der Waals surface area contributed by atoms with Crippen molar-refractivity contribution in [2.45, 2.75) is 18.2 Å². The van der Waals surface area contributed by atoms with Crippen LogP contribution in [0.5, 0.6) is 0 Å². The second-order valence-corrected chi connectivity index (χ2v) is 5.83. The summed E-state index contributed by atoms with van der Waals surface area (Å²) >= 11 is 5.80. The van der Waals surface area contributed by atoms with Crippen LogP contribution in [0.1, 0.15) is 12.0 Å². The third kappa shape index (κ3) is 3.67. The number of rotatable bonds is 5. The summed E-state index contributed by atoms with van der Waals surface area (Å²) in [4.78, 5) is 9.88. The SMILES string of the molecule is C#CCCNS(=O)(=O)c1cc(Cl)c(C)c([N+](=O)[O-])c1. The van der Waals surface area contributed by atoms with E-state index in [4.69, 9.17) is 18.0 Å². The third-order valence-electron chi connectivity index (χ3n) is 2.36. The van der Waals surface area contributed by atoms with Crippen LogP contribution in [0, 0.1) is 29.4 Å². The molecule has 0 amide bonds. The van der Waals surface area contributed by atoms with Gasteiger partial charge in [-0.2, -0.15) is 0 Å². The van der Waals surface area contributed by atoms with E-state index in [-0.39, 0.29) is 34.1 Å². The first kappa shape index (κ1) is 15.4. The molecule has 0 aliphatic heterocycles. The van der Waals surface area contributed by atoms with Crippen molar-refractivity contribution in [3.05, 3.63) is 32.8 Å². The highest BCUT2D eigenvalue weighted by atomic mass is 35.5. The predicted molar refractivity (Wildman–Crippen MR) is 71.5 cm³/mol. The van der Waals surface area contributed by atoms with Crippen molar-refractivity contribution in [1.29, 1.82) is 0 Å². The van der Waals surface area contributed by atoms with Crippen LogP contribution in [0.2, 0.25) is 5.02 Å². The fourth-order valence-corrected chi connectivity index (χ4v) is 2.68. The van der Waals surface area contributed by atoms with Gasteiger partial charge in [0.05, 0.1) is 14.8 Å². The molecule has 8 heteroatoms. The van der Waals surface area contributed by atoms with E-state index in [9.17, 15) is 18.5 Å². The number of nitrogens with zero attached hydrogens (tertiary/aromatic N) is 1. The Morgan fingerprint density at radius 1 is 1.53 bits per heavy atom. The highest BCUT2D eigenvalue weighted by Gasteiger charge is 2.21. The molecule has 1 aromatic rings. The van der Waals surface area contributed by atoms with Gasteiger partial charge in [-0.05, 0) is 13.0 Å². The maximum Gasteiger partial charge on any atom is 0.275 e. The van der Waals surface area contributed by atoms with Crippen molar-refractivity contribution in [1.82, 2.24) is 4.72 Å². The van der Waals surface area contributed by atoms with E-state index in [0.717, 1.165) is 6.07 Å². The Bertz CT molecular complexity index is 649. The minimum absolute atomic E-state index is 0.0199. The molecule has 0 aromatic heterocycles. The molecule has 0 saturated carbocycles. The quantitative estimate of drug-likeness (QED) is 0.389. The molecule has 0 aliphatic rings. The van der Waals surface area contributed by atoms with E-state index in [1.807, 2.05) is 0 Å². The lowest BCUT2D eigenvalue weighted by molar-refractivity contribution is -0.385. The Labute approximate surface area is 116 Å². The fraction of sp³-hybridized carbons (Fsp3) is 0.273. The van der Waals surface area contributed by atoms with E-state index >= 15 is 0 Å². The van der Waals surface area contributed by atoms with Gasteiger partial charge in [0.15, 0.2) is 0 Å². The molecule has 102 valence electrons. The highest BCUT2D eigenvalue weighted by molar-refractivity contribution is 7.89. The van der Waals surface area contributed by atoms with Gasteiger partial charge in [-0.3, -0.25) is 10.1 Å². The number of nitro groups is 1. The average Bonchev–Trinajstić information content (AvgIpc) is 2.32. The number of nitro benzene ring substituents is 1. The van der Waals surface area contributed by atoms with Crippen LogP contribution in [0.4, 0.5) is 5.69 Å². The smallest absolute Gasteiger partial charge is 0.258 e. The molecule has 1 N–H and O–H groups in total. The maximum atomic E-state index is 11.9. The van der Waals surface area contributed by atoms with Crippen molar-refractivity contribution in [2.75, 3.05) is 6.54 Å². The Kier molecular flexibility index (Phi) is 4.89. The molecule has 1 aromatic carbocycles. The van der Waals surface area contributed by atoms with E-state index in [2.05, 4.69) is 10.6 Å². The molecule has 0 aliphatic carbocycles. The fourth-order valence-electron chi connectivity index (χ4n) is 1.33. The first-order valence-electron chi connectivity index (χ1n) is 5.17. The van der Waals surface area contributed by atoms with Gasteiger partial charge in [0.25, 0.3) is 5.69 Å². The van der Waals surface area contributed by atoms with Crippen LogP contribution >= 0.6 is 11.6 Å². The molecule has 1 rings (SSSR count). The van der Waals surface area contributed by atoms with Crippen LogP contribution in [0.25, 0.3) is 0 Å². The first-order chi connectivity index (χ1) is 8.79.